The highest BCUT2D eigenvalue weighted by Crippen LogP contribution is 2.25. The lowest BCUT2D eigenvalue weighted by Gasteiger charge is -2.38. The topological polar surface area (TPSA) is 113 Å². The molecule has 9 nitrogen and oxygen atoms in total. The van der Waals surface area contributed by atoms with Crippen molar-refractivity contribution in [2.45, 2.75) is 31.5 Å². The van der Waals surface area contributed by atoms with Crippen LogP contribution >= 0.6 is 0 Å². The number of nitrogens with zero attached hydrogens (tertiary/aromatic N) is 5. The lowest BCUT2D eigenvalue weighted by molar-refractivity contribution is -0.0364. The molecule has 0 unspecified atom stereocenters. The quantitative estimate of drug-likeness (QED) is 0.439. The van der Waals surface area contributed by atoms with Crippen LogP contribution in [0.25, 0.3) is 16.7 Å². The maximum absolute atomic E-state index is 13.2. The normalized spacial score (nSPS) is 15.9. The minimum atomic E-state index is -1.06. The average Bonchev–Trinajstić information content (AvgIpc) is 3.28. The molecule has 0 bridgehead atoms. The van der Waals surface area contributed by atoms with Crippen molar-refractivity contribution in [2.75, 3.05) is 13.1 Å². The number of carboxylic acids is 1. The fraction of sp³-hybridized carbons (Fsp3) is 0.280. The van der Waals surface area contributed by atoms with Crippen molar-refractivity contribution >= 4 is 17.0 Å². The van der Waals surface area contributed by atoms with Crippen molar-refractivity contribution < 1.29 is 19.4 Å². The zero-order valence-corrected chi connectivity index (χ0v) is 18.8. The van der Waals surface area contributed by atoms with Crippen LogP contribution in [-0.4, -0.2) is 59.1 Å². The number of carboxylic acid groups (broad SMARTS) is 1. The van der Waals surface area contributed by atoms with Gasteiger partial charge in [-0.15, -0.1) is 0 Å². The first-order valence-corrected chi connectivity index (χ1v) is 11.3. The Kier molecular flexibility index (Phi) is 5.91. The summed E-state index contributed by atoms with van der Waals surface area (Å²) in [4.78, 5) is 30.8. The van der Waals surface area contributed by atoms with E-state index in [2.05, 4.69) is 15.0 Å². The largest absolute Gasteiger partial charge is 0.478 e. The van der Waals surface area contributed by atoms with Gasteiger partial charge in [-0.1, -0.05) is 12.1 Å². The second-order valence-corrected chi connectivity index (χ2v) is 8.95. The van der Waals surface area contributed by atoms with E-state index in [9.17, 15) is 24.2 Å². The summed E-state index contributed by atoms with van der Waals surface area (Å²) in [6, 6.07) is 12.6. The molecule has 180 valence electrons. The van der Waals surface area contributed by atoms with Crippen molar-refractivity contribution in [1.29, 1.82) is 0 Å². The Bertz CT molecular complexity index is 1440. The van der Waals surface area contributed by atoms with Crippen molar-refractivity contribution in [3.8, 4) is 5.69 Å². The number of benzene rings is 2. The molecular weight excluding hydrogens is 453 g/mol. The summed E-state index contributed by atoms with van der Waals surface area (Å²) < 4.78 is 16.1. The van der Waals surface area contributed by atoms with E-state index in [1.165, 1.54) is 33.9 Å². The highest BCUT2D eigenvalue weighted by Gasteiger charge is 2.33. The van der Waals surface area contributed by atoms with Crippen LogP contribution in [0.3, 0.4) is 0 Å². The Hall–Kier alpha value is -3.89. The molecule has 0 saturated carbocycles. The minimum absolute atomic E-state index is 0.110. The Morgan fingerprint density at radius 1 is 1.11 bits per heavy atom. The zero-order chi connectivity index (χ0) is 24.6. The smallest absolute Gasteiger partial charge is 0.335 e. The predicted octanol–water partition coefficient (Wildman–Crippen LogP) is 2.45. The minimum Gasteiger partial charge on any atom is -0.478 e. The molecule has 2 N–H and O–H groups in total. The molecule has 0 atom stereocenters. The molecule has 10 heteroatoms. The number of fused-ring (bicyclic) bond motifs is 1. The molecule has 1 aliphatic rings. The Labute approximate surface area is 199 Å². The van der Waals surface area contributed by atoms with Crippen LogP contribution in [0.15, 0.2) is 65.8 Å². The summed E-state index contributed by atoms with van der Waals surface area (Å²) in [6.07, 6.45) is 3.77. The fourth-order valence-corrected chi connectivity index (χ4v) is 4.50. The monoisotopic (exact) mass is 477 g/mol. The second-order valence-electron chi connectivity index (χ2n) is 8.95. The molecule has 0 radical (unpaired) electrons. The van der Waals surface area contributed by atoms with Crippen LogP contribution in [0, 0.1) is 5.82 Å². The van der Waals surface area contributed by atoms with Crippen molar-refractivity contribution in [3.63, 3.8) is 0 Å². The first-order chi connectivity index (χ1) is 16.8. The molecule has 1 aliphatic heterocycles. The van der Waals surface area contributed by atoms with E-state index in [4.69, 9.17) is 0 Å². The third-order valence-corrected chi connectivity index (χ3v) is 6.46. The number of aromatic nitrogens is 4. The predicted molar refractivity (Wildman–Crippen MR) is 126 cm³/mol. The number of aromatic carboxylic acids is 1. The van der Waals surface area contributed by atoms with Gasteiger partial charge in [-0.25, -0.2) is 18.9 Å². The number of rotatable bonds is 6. The SMILES string of the molecule is O=C(O)c1cccc(CN2CCC(O)(Cn3cnc4c(cnn4-c4ccc(F)cc4)c3=O)CC2)c1. The lowest BCUT2D eigenvalue weighted by atomic mass is 9.91. The fourth-order valence-electron chi connectivity index (χ4n) is 4.50. The van der Waals surface area contributed by atoms with Gasteiger partial charge in [-0.3, -0.25) is 14.3 Å². The third kappa shape index (κ3) is 4.71. The Morgan fingerprint density at radius 2 is 1.86 bits per heavy atom. The van der Waals surface area contributed by atoms with Crippen LogP contribution in [0.5, 0.6) is 0 Å². The van der Waals surface area contributed by atoms with E-state index < -0.39 is 11.6 Å². The van der Waals surface area contributed by atoms with Gasteiger partial charge in [0.25, 0.3) is 5.56 Å². The number of carbonyl (C=O) groups is 1. The highest BCUT2D eigenvalue weighted by molar-refractivity contribution is 5.87. The molecule has 35 heavy (non-hydrogen) atoms. The summed E-state index contributed by atoms with van der Waals surface area (Å²) in [5, 5.41) is 24.9. The maximum atomic E-state index is 13.2. The summed E-state index contributed by atoms with van der Waals surface area (Å²) in [7, 11) is 0. The Balaban J connectivity index is 1.28. The number of likely N-dealkylation sites (tertiary alicyclic amines) is 1. The maximum Gasteiger partial charge on any atom is 0.335 e. The van der Waals surface area contributed by atoms with Crippen LogP contribution in [0.1, 0.15) is 28.8 Å². The van der Waals surface area contributed by atoms with E-state index in [0.717, 1.165) is 5.56 Å². The summed E-state index contributed by atoms with van der Waals surface area (Å²) in [6.45, 7) is 1.92. The van der Waals surface area contributed by atoms with Gasteiger partial charge in [0, 0.05) is 19.6 Å². The number of aliphatic hydroxyl groups is 1. The second kappa shape index (κ2) is 9.05. The first-order valence-electron chi connectivity index (χ1n) is 11.3. The van der Waals surface area contributed by atoms with Crippen LogP contribution in [0.4, 0.5) is 4.39 Å². The summed E-state index contributed by atoms with van der Waals surface area (Å²) in [5.74, 6) is -1.33. The van der Waals surface area contributed by atoms with E-state index in [-0.39, 0.29) is 23.5 Å². The zero-order valence-electron chi connectivity index (χ0n) is 18.8. The molecular formula is C25H24FN5O4. The number of piperidine rings is 1. The van der Waals surface area contributed by atoms with Crippen LogP contribution < -0.4 is 5.56 Å². The molecule has 1 saturated heterocycles. The number of halogens is 1. The third-order valence-electron chi connectivity index (χ3n) is 6.46. The average molecular weight is 477 g/mol. The molecule has 4 aromatic rings. The summed E-state index contributed by atoms with van der Waals surface area (Å²) in [5.41, 5.74) is 0.741. The number of hydrogen-bond acceptors (Lipinski definition) is 6. The molecule has 2 aromatic heterocycles. The van der Waals surface area contributed by atoms with Crippen LogP contribution in [-0.2, 0) is 13.1 Å². The van der Waals surface area contributed by atoms with Crippen molar-refractivity contribution in [2.24, 2.45) is 0 Å². The molecule has 1 fully saturated rings. The summed E-state index contributed by atoms with van der Waals surface area (Å²) >= 11 is 0. The number of hydrogen-bond donors (Lipinski definition) is 2. The molecule has 2 aromatic carbocycles. The van der Waals surface area contributed by atoms with E-state index in [1.54, 1.807) is 30.3 Å². The van der Waals surface area contributed by atoms with Gasteiger partial charge in [0.2, 0.25) is 0 Å². The lowest BCUT2D eigenvalue weighted by Crippen LogP contribution is -2.47. The van der Waals surface area contributed by atoms with Gasteiger partial charge in [-0.05, 0) is 54.8 Å². The molecule has 3 heterocycles. The van der Waals surface area contributed by atoms with E-state index in [0.29, 0.717) is 49.2 Å². The van der Waals surface area contributed by atoms with Gasteiger partial charge >= 0.3 is 5.97 Å². The molecule has 0 aliphatic carbocycles. The Morgan fingerprint density at radius 3 is 2.57 bits per heavy atom. The highest BCUT2D eigenvalue weighted by atomic mass is 19.1. The van der Waals surface area contributed by atoms with Gasteiger partial charge in [0.15, 0.2) is 5.65 Å². The van der Waals surface area contributed by atoms with E-state index in [1.807, 2.05) is 6.07 Å². The van der Waals surface area contributed by atoms with Crippen molar-refractivity contribution in [1.82, 2.24) is 24.2 Å². The van der Waals surface area contributed by atoms with Gasteiger partial charge in [0.1, 0.15) is 17.5 Å². The first kappa shape index (κ1) is 22.9. The van der Waals surface area contributed by atoms with Gasteiger partial charge < -0.3 is 10.2 Å². The van der Waals surface area contributed by atoms with Gasteiger partial charge in [0.05, 0.1) is 29.6 Å². The van der Waals surface area contributed by atoms with Crippen molar-refractivity contribution in [3.05, 3.63) is 88.4 Å². The molecule has 0 spiro atoms. The van der Waals surface area contributed by atoms with Crippen LogP contribution in [0.2, 0.25) is 0 Å². The molecule has 5 rings (SSSR count). The van der Waals surface area contributed by atoms with E-state index >= 15 is 0 Å². The molecule has 0 amide bonds. The van der Waals surface area contributed by atoms with Gasteiger partial charge in [-0.2, -0.15) is 5.10 Å². The standard InChI is InChI=1S/C25H24FN5O4/c26-19-4-6-20(7-5-19)31-22-21(13-28-31)23(32)30(16-27-22)15-25(35)8-10-29(11-9-25)14-17-2-1-3-18(12-17)24(33)34/h1-7,12-13,16,35H,8-11,14-15H2,(H,33,34).